The largest absolute Gasteiger partial charge is 0.296 e. The van der Waals surface area contributed by atoms with Crippen LogP contribution in [0.5, 0.6) is 0 Å². The first-order valence-corrected chi connectivity index (χ1v) is 8.70. The molecule has 1 saturated heterocycles. The number of hydrogen-bond donors (Lipinski definition) is 1. The van der Waals surface area contributed by atoms with E-state index in [4.69, 9.17) is 0 Å². The number of carbonyl (C=O) groups is 2. The monoisotopic (exact) mass is 331 g/mol. The molecule has 1 unspecified atom stereocenters. The Morgan fingerprint density at radius 2 is 1.79 bits per heavy atom. The molecular formula is C19H29N3O2. The summed E-state index contributed by atoms with van der Waals surface area (Å²) in [4.78, 5) is 23.6. The van der Waals surface area contributed by atoms with Gasteiger partial charge < -0.3 is 0 Å². The number of piperidine rings is 1. The van der Waals surface area contributed by atoms with E-state index in [1.165, 1.54) is 0 Å². The fourth-order valence-corrected chi connectivity index (χ4v) is 2.81. The van der Waals surface area contributed by atoms with Gasteiger partial charge in [0.1, 0.15) is 0 Å². The highest BCUT2D eigenvalue weighted by Gasteiger charge is 2.43. The topological polar surface area (TPSA) is 64.0 Å². The number of aryl methyl sites for hydroxylation is 2. The molecule has 1 aliphatic rings. The van der Waals surface area contributed by atoms with Crippen LogP contribution in [-0.2, 0) is 22.1 Å². The maximum absolute atomic E-state index is 12.3. The van der Waals surface area contributed by atoms with E-state index in [9.17, 15) is 9.59 Å². The van der Waals surface area contributed by atoms with E-state index >= 15 is 0 Å². The number of imide groups is 1. The molecule has 24 heavy (non-hydrogen) atoms. The highest BCUT2D eigenvalue weighted by Crippen LogP contribution is 2.35. The van der Waals surface area contributed by atoms with Crippen LogP contribution in [0.3, 0.4) is 0 Å². The summed E-state index contributed by atoms with van der Waals surface area (Å²) in [5, 5.41) is 7.95. The number of aromatic nitrogens is 2. The van der Waals surface area contributed by atoms with Gasteiger partial charge in [0.05, 0.1) is 16.6 Å². The highest BCUT2D eigenvalue weighted by molar-refractivity contribution is 6.04. The fourth-order valence-electron chi connectivity index (χ4n) is 2.81. The van der Waals surface area contributed by atoms with Gasteiger partial charge in [0.2, 0.25) is 11.8 Å². The van der Waals surface area contributed by atoms with Crippen molar-refractivity contribution in [3.63, 3.8) is 0 Å². The Morgan fingerprint density at radius 3 is 2.38 bits per heavy atom. The van der Waals surface area contributed by atoms with E-state index in [2.05, 4.69) is 16.5 Å². The number of carbonyl (C=O) groups excluding carboxylic acids is 2. The summed E-state index contributed by atoms with van der Waals surface area (Å²) in [6, 6.07) is 6.08. The molecule has 0 radical (unpaired) electrons. The number of hydrogen-bond acceptors (Lipinski definition) is 3. The summed E-state index contributed by atoms with van der Waals surface area (Å²) >= 11 is 0. The summed E-state index contributed by atoms with van der Waals surface area (Å²) in [6.07, 6.45) is 0.851. The smallest absolute Gasteiger partial charge is 0.238 e. The van der Waals surface area contributed by atoms with Crippen LogP contribution >= 0.6 is 0 Å². The van der Waals surface area contributed by atoms with Crippen LogP contribution in [0.2, 0.25) is 0 Å². The van der Waals surface area contributed by atoms with Crippen molar-refractivity contribution >= 4 is 22.7 Å². The average molecular weight is 331 g/mol. The van der Waals surface area contributed by atoms with Gasteiger partial charge >= 0.3 is 0 Å². The third kappa shape index (κ3) is 3.50. The molecule has 1 aromatic carbocycles. The Kier molecular flexibility index (Phi) is 6.70. The van der Waals surface area contributed by atoms with Crippen molar-refractivity contribution in [3.05, 3.63) is 29.5 Å². The Balaban J connectivity index is 0.000000671. The standard InChI is InChI=1S/C15H17N3O2.2C2H6/c1-9-4-5-10-11(8-9)18(3)17-13(10)15(2)7-6-12(19)16-14(15)20;2*1-2/h4-5,8H,6-7H2,1-3H3,(H,16,19,20);2*1-2H3. The second-order valence-electron chi connectivity index (χ2n) is 5.70. The van der Waals surface area contributed by atoms with E-state index in [-0.39, 0.29) is 11.8 Å². The highest BCUT2D eigenvalue weighted by atomic mass is 16.2. The maximum Gasteiger partial charge on any atom is 0.238 e. The Bertz CT molecular complexity index is 734. The van der Waals surface area contributed by atoms with Crippen molar-refractivity contribution in [3.8, 4) is 0 Å². The van der Waals surface area contributed by atoms with Gasteiger partial charge in [0.15, 0.2) is 0 Å². The van der Waals surface area contributed by atoms with Crippen molar-refractivity contribution < 1.29 is 9.59 Å². The quantitative estimate of drug-likeness (QED) is 0.812. The number of benzene rings is 1. The van der Waals surface area contributed by atoms with Gasteiger partial charge in [0.25, 0.3) is 0 Å². The van der Waals surface area contributed by atoms with Crippen LogP contribution < -0.4 is 5.32 Å². The lowest BCUT2D eigenvalue weighted by atomic mass is 9.77. The van der Waals surface area contributed by atoms with Gasteiger partial charge in [0, 0.05) is 18.9 Å². The lowest BCUT2D eigenvalue weighted by Gasteiger charge is -2.30. The molecule has 2 amide bonds. The summed E-state index contributed by atoms with van der Waals surface area (Å²) in [5.41, 5.74) is 2.16. The minimum Gasteiger partial charge on any atom is -0.296 e. The molecule has 0 saturated carbocycles. The molecule has 0 bridgehead atoms. The first-order valence-electron chi connectivity index (χ1n) is 8.70. The molecule has 5 nitrogen and oxygen atoms in total. The zero-order valence-corrected chi connectivity index (χ0v) is 15.9. The third-order valence-corrected chi connectivity index (χ3v) is 4.14. The molecule has 0 spiro atoms. The second kappa shape index (κ2) is 8.08. The fraction of sp³-hybridized carbons (Fsp3) is 0.526. The van der Waals surface area contributed by atoms with Gasteiger partial charge in [-0.2, -0.15) is 5.10 Å². The van der Waals surface area contributed by atoms with Crippen LogP contribution in [0.25, 0.3) is 10.9 Å². The van der Waals surface area contributed by atoms with E-state index in [1.54, 1.807) is 4.68 Å². The molecular weight excluding hydrogens is 302 g/mol. The van der Waals surface area contributed by atoms with Crippen LogP contribution in [0, 0.1) is 6.92 Å². The first-order chi connectivity index (χ1) is 11.4. The van der Waals surface area contributed by atoms with Crippen LogP contribution in [0.1, 0.15) is 58.7 Å². The van der Waals surface area contributed by atoms with Crippen molar-refractivity contribution in [1.29, 1.82) is 0 Å². The molecule has 132 valence electrons. The molecule has 2 heterocycles. The van der Waals surface area contributed by atoms with Gasteiger partial charge in [-0.3, -0.25) is 19.6 Å². The van der Waals surface area contributed by atoms with E-state index < -0.39 is 5.41 Å². The van der Waals surface area contributed by atoms with Crippen LogP contribution in [0.15, 0.2) is 18.2 Å². The lowest BCUT2D eigenvalue weighted by molar-refractivity contribution is -0.137. The minimum atomic E-state index is -0.747. The van der Waals surface area contributed by atoms with Crippen molar-refractivity contribution in [2.24, 2.45) is 7.05 Å². The van der Waals surface area contributed by atoms with Gasteiger partial charge in [-0.25, -0.2) is 0 Å². The Hall–Kier alpha value is -2.17. The maximum atomic E-state index is 12.3. The number of nitrogens with one attached hydrogen (secondary N) is 1. The molecule has 5 heteroatoms. The summed E-state index contributed by atoms with van der Waals surface area (Å²) in [7, 11) is 1.88. The summed E-state index contributed by atoms with van der Waals surface area (Å²) < 4.78 is 1.80. The predicted octanol–water partition coefficient (Wildman–Crippen LogP) is 3.63. The number of nitrogens with zero attached hydrogens (tertiary/aromatic N) is 2. The molecule has 1 fully saturated rings. The van der Waals surface area contributed by atoms with Crippen molar-refractivity contribution in [2.75, 3.05) is 0 Å². The first kappa shape index (κ1) is 19.9. The molecule has 1 N–H and O–H groups in total. The molecule has 1 aromatic heterocycles. The molecule has 3 rings (SSSR count). The lowest BCUT2D eigenvalue weighted by Crippen LogP contribution is -2.50. The van der Waals surface area contributed by atoms with Crippen LogP contribution in [-0.4, -0.2) is 21.6 Å². The number of amides is 2. The molecule has 2 aromatic rings. The normalized spacial score (nSPS) is 19.8. The van der Waals surface area contributed by atoms with Gasteiger partial charge in [-0.15, -0.1) is 0 Å². The van der Waals surface area contributed by atoms with E-state index in [1.807, 2.05) is 60.7 Å². The molecule has 0 aliphatic carbocycles. The molecule has 1 aliphatic heterocycles. The zero-order chi connectivity index (χ0) is 18.5. The van der Waals surface area contributed by atoms with Gasteiger partial charge in [-0.1, -0.05) is 39.8 Å². The molecule has 1 atom stereocenters. The average Bonchev–Trinajstić information content (AvgIpc) is 2.92. The van der Waals surface area contributed by atoms with E-state index in [0.717, 1.165) is 22.2 Å². The van der Waals surface area contributed by atoms with E-state index in [0.29, 0.717) is 12.8 Å². The van der Waals surface area contributed by atoms with Crippen molar-refractivity contribution in [2.45, 2.75) is 59.8 Å². The third-order valence-electron chi connectivity index (χ3n) is 4.14. The van der Waals surface area contributed by atoms with Crippen LogP contribution in [0.4, 0.5) is 0 Å². The second-order valence-corrected chi connectivity index (χ2v) is 5.70. The predicted molar refractivity (Wildman–Crippen MR) is 97.9 cm³/mol. The van der Waals surface area contributed by atoms with Crippen molar-refractivity contribution in [1.82, 2.24) is 15.1 Å². The Labute approximate surface area is 144 Å². The number of fused-ring (bicyclic) bond motifs is 1. The summed E-state index contributed by atoms with van der Waals surface area (Å²) in [6.45, 7) is 11.9. The summed E-state index contributed by atoms with van der Waals surface area (Å²) in [5.74, 6) is -0.460. The minimum absolute atomic E-state index is 0.205. The Morgan fingerprint density at radius 1 is 1.17 bits per heavy atom. The number of rotatable bonds is 1. The zero-order valence-electron chi connectivity index (χ0n) is 15.9. The van der Waals surface area contributed by atoms with Gasteiger partial charge in [-0.05, 0) is 31.9 Å². The SMILES string of the molecule is CC.CC.Cc1ccc2c(C3(C)CCC(=O)NC3=O)nn(C)c2c1.